The number of hydrogen-bond acceptors (Lipinski definition) is 5. The molecule has 0 saturated carbocycles. The van der Waals surface area contributed by atoms with E-state index in [0.29, 0.717) is 12.1 Å². The van der Waals surface area contributed by atoms with Gasteiger partial charge in [-0.3, -0.25) is 4.72 Å². The molecule has 0 radical (unpaired) electrons. The van der Waals surface area contributed by atoms with Gasteiger partial charge in [0.1, 0.15) is 18.0 Å². The van der Waals surface area contributed by atoms with Crippen molar-refractivity contribution in [2.75, 3.05) is 18.5 Å². The van der Waals surface area contributed by atoms with E-state index < -0.39 is 11.7 Å². The molecule has 0 bridgehead atoms. The van der Waals surface area contributed by atoms with E-state index in [1.54, 1.807) is 32.9 Å². The Hall–Kier alpha value is -3.20. The third-order valence-electron chi connectivity index (χ3n) is 6.23. The van der Waals surface area contributed by atoms with Gasteiger partial charge in [0.15, 0.2) is 0 Å². The summed E-state index contributed by atoms with van der Waals surface area (Å²) in [4.78, 5) is 25.3. The molecule has 3 N–H and O–H groups in total. The van der Waals surface area contributed by atoms with Crippen LogP contribution in [0.25, 0.3) is 0 Å². The van der Waals surface area contributed by atoms with E-state index in [1.165, 1.54) is 34.2 Å². The molecule has 4 rings (SSSR count). The molecule has 37 heavy (non-hydrogen) atoms. The zero-order chi connectivity index (χ0) is 26.4. The lowest BCUT2D eigenvalue weighted by molar-refractivity contribution is 0.0531. The first kappa shape index (κ1) is 26.9. The fourth-order valence-electron chi connectivity index (χ4n) is 4.61. The van der Waals surface area contributed by atoms with Crippen molar-refractivity contribution in [3.05, 3.63) is 64.5 Å². The average molecular weight is 528 g/mol. The topological polar surface area (TPSA) is 88.7 Å². The molecule has 0 heterocycles. The first-order valence-electron chi connectivity index (χ1n) is 12.6. The number of halogens is 1. The fraction of sp³-hybridized carbons (Fsp3) is 0.429. The van der Waals surface area contributed by atoms with Crippen LogP contribution in [0.3, 0.4) is 0 Å². The molecule has 2 aliphatic carbocycles. The molecular formula is C28H34FN3O4S. The second kappa shape index (κ2) is 11.9. The van der Waals surface area contributed by atoms with Crippen LogP contribution >= 0.6 is 11.9 Å². The van der Waals surface area contributed by atoms with Gasteiger partial charge < -0.3 is 20.1 Å². The molecule has 2 aliphatic rings. The predicted octanol–water partition coefficient (Wildman–Crippen LogP) is 6.25. The van der Waals surface area contributed by atoms with Crippen molar-refractivity contribution in [3.8, 4) is 5.75 Å². The summed E-state index contributed by atoms with van der Waals surface area (Å²) >= 11 is 1.22. The van der Waals surface area contributed by atoms with Gasteiger partial charge in [-0.2, -0.15) is 0 Å². The Morgan fingerprint density at radius 3 is 2.27 bits per heavy atom. The van der Waals surface area contributed by atoms with Gasteiger partial charge in [0.05, 0.1) is 6.33 Å². The Kier molecular flexibility index (Phi) is 8.63. The van der Waals surface area contributed by atoms with E-state index in [0.717, 1.165) is 49.1 Å². The summed E-state index contributed by atoms with van der Waals surface area (Å²) in [5.74, 6) is 0.542. The molecule has 0 saturated heterocycles. The quantitative estimate of drug-likeness (QED) is 0.353. The minimum atomic E-state index is -0.628. The van der Waals surface area contributed by atoms with Crippen molar-refractivity contribution in [1.82, 2.24) is 10.0 Å². The molecular weight excluding hydrogens is 493 g/mol. The highest BCUT2D eigenvalue weighted by molar-refractivity contribution is 7.98. The molecule has 3 amide bonds. The van der Waals surface area contributed by atoms with E-state index in [-0.39, 0.29) is 24.8 Å². The highest BCUT2D eigenvalue weighted by Crippen LogP contribution is 2.38. The minimum absolute atomic E-state index is 0.0216. The monoisotopic (exact) mass is 527 g/mol. The molecule has 2 aromatic rings. The smallest absolute Gasteiger partial charge is 0.407 e. The van der Waals surface area contributed by atoms with E-state index in [2.05, 4.69) is 21.4 Å². The van der Waals surface area contributed by atoms with Gasteiger partial charge in [-0.05, 0) is 118 Å². The summed E-state index contributed by atoms with van der Waals surface area (Å²) in [6.45, 7) is 5.22. The standard InChI is InChI=1S/C28H34FN3O4S/c1-28(2,3)36-27(34)30-16-18(15-29)17-35-21-10-12-22(13-11-21)37-32-26(33)31-25-23-8-4-6-19(23)14-20-7-5-9-24(20)25/h10-15H,4-9,16-17H2,1-3H3,(H,30,34)(H2,31,32,33)/b18-15+. The van der Waals surface area contributed by atoms with Gasteiger partial charge in [0.25, 0.3) is 0 Å². The molecule has 0 aliphatic heterocycles. The van der Waals surface area contributed by atoms with Crippen LogP contribution < -0.4 is 20.1 Å². The predicted molar refractivity (Wildman–Crippen MR) is 144 cm³/mol. The second-order valence-corrected chi connectivity index (χ2v) is 11.2. The molecule has 0 spiro atoms. The van der Waals surface area contributed by atoms with Gasteiger partial charge >= 0.3 is 12.1 Å². The Balaban J connectivity index is 1.24. The number of amides is 3. The Bertz CT molecular complexity index is 1140. The van der Waals surface area contributed by atoms with Crippen molar-refractivity contribution >= 4 is 29.8 Å². The van der Waals surface area contributed by atoms with Crippen LogP contribution in [0, 0.1) is 0 Å². The maximum absolute atomic E-state index is 13.2. The first-order valence-corrected chi connectivity index (χ1v) is 13.4. The number of alkyl carbamates (subject to hydrolysis) is 1. The number of nitrogens with one attached hydrogen (secondary N) is 3. The van der Waals surface area contributed by atoms with Crippen LogP contribution in [0.5, 0.6) is 5.75 Å². The summed E-state index contributed by atoms with van der Waals surface area (Å²) in [6, 6.07) is 9.23. The van der Waals surface area contributed by atoms with Crippen LogP contribution in [-0.2, 0) is 30.4 Å². The highest BCUT2D eigenvalue weighted by Gasteiger charge is 2.25. The lowest BCUT2D eigenvalue weighted by atomic mass is 9.99. The summed E-state index contributed by atoms with van der Waals surface area (Å²) in [7, 11) is 0. The Morgan fingerprint density at radius 1 is 1.03 bits per heavy atom. The number of rotatable bonds is 8. The van der Waals surface area contributed by atoms with Crippen LogP contribution in [0.4, 0.5) is 19.7 Å². The van der Waals surface area contributed by atoms with Crippen LogP contribution in [-0.4, -0.2) is 30.9 Å². The second-order valence-electron chi connectivity index (χ2n) is 10.3. The lowest BCUT2D eigenvalue weighted by Gasteiger charge is -2.20. The highest BCUT2D eigenvalue weighted by atomic mass is 32.2. The first-order chi connectivity index (χ1) is 17.7. The Labute approximate surface area is 221 Å². The van der Waals surface area contributed by atoms with E-state index in [9.17, 15) is 14.0 Å². The Morgan fingerprint density at radius 2 is 1.68 bits per heavy atom. The van der Waals surface area contributed by atoms with Crippen LogP contribution in [0.15, 0.2) is 47.1 Å². The lowest BCUT2D eigenvalue weighted by Crippen LogP contribution is -2.34. The molecule has 0 atom stereocenters. The average Bonchev–Trinajstić information content (AvgIpc) is 3.52. The molecule has 2 aromatic carbocycles. The van der Waals surface area contributed by atoms with Crippen molar-refractivity contribution in [2.24, 2.45) is 0 Å². The number of carbonyl (C=O) groups excluding carboxylic acids is 2. The fourth-order valence-corrected chi connectivity index (χ4v) is 5.15. The molecule has 0 unspecified atom stereocenters. The number of hydrogen-bond donors (Lipinski definition) is 3. The zero-order valence-electron chi connectivity index (χ0n) is 21.5. The largest absolute Gasteiger partial charge is 0.489 e. The van der Waals surface area contributed by atoms with Gasteiger partial charge in [0.2, 0.25) is 0 Å². The number of carbonyl (C=O) groups is 2. The summed E-state index contributed by atoms with van der Waals surface area (Å²) in [5, 5.41) is 5.63. The molecule has 9 heteroatoms. The molecule has 7 nitrogen and oxygen atoms in total. The maximum atomic E-state index is 13.2. The van der Waals surface area contributed by atoms with Crippen molar-refractivity contribution in [1.29, 1.82) is 0 Å². The zero-order valence-corrected chi connectivity index (χ0v) is 22.4. The summed E-state index contributed by atoms with van der Waals surface area (Å²) in [5.41, 5.74) is 6.01. The maximum Gasteiger partial charge on any atom is 0.407 e. The van der Waals surface area contributed by atoms with Crippen LogP contribution in [0.2, 0.25) is 0 Å². The summed E-state index contributed by atoms with van der Waals surface area (Å²) < 4.78 is 26.8. The van der Waals surface area contributed by atoms with E-state index in [1.807, 2.05) is 12.1 Å². The third-order valence-corrected chi connectivity index (χ3v) is 7.03. The van der Waals surface area contributed by atoms with Gasteiger partial charge in [-0.25, -0.2) is 14.0 Å². The van der Waals surface area contributed by atoms with Gasteiger partial charge in [0, 0.05) is 22.7 Å². The van der Waals surface area contributed by atoms with Gasteiger partial charge in [-0.15, -0.1) is 0 Å². The number of ether oxygens (including phenoxy) is 2. The van der Waals surface area contributed by atoms with E-state index >= 15 is 0 Å². The van der Waals surface area contributed by atoms with Crippen LogP contribution in [0.1, 0.15) is 55.9 Å². The van der Waals surface area contributed by atoms with Crippen molar-refractivity contribution < 1.29 is 23.5 Å². The number of aryl methyl sites for hydroxylation is 2. The molecule has 0 fully saturated rings. The SMILES string of the molecule is CC(C)(C)OC(=O)NC/C(=C\F)COc1ccc(SNC(=O)Nc2c3c(cc4c2CCC4)CCC3)cc1. The molecule has 198 valence electrons. The number of benzene rings is 2. The number of anilines is 1. The van der Waals surface area contributed by atoms with Crippen molar-refractivity contribution in [3.63, 3.8) is 0 Å². The van der Waals surface area contributed by atoms with Crippen molar-refractivity contribution in [2.45, 2.75) is 69.8 Å². The molecule has 0 aromatic heterocycles. The number of urea groups is 1. The normalized spacial score (nSPS) is 14.5. The minimum Gasteiger partial charge on any atom is -0.489 e. The number of fused-ring (bicyclic) bond motifs is 2. The summed E-state index contributed by atoms with van der Waals surface area (Å²) in [6.07, 6.45) is 6.29. The van der Waals surface area contributed by atoms with Gasteiger partial charge in [-0.1, -0.05) is 6.07 Å². The van der Waals surface area contributed by atoms with E-state index in [4.69, 9.17) is 9.47 Å². The third kappa shape index (κ3) is 7.41.